The van der Waals surface area contributed by atoms with Crippen LogP contribution in [0, 0.1) is 0 Å². The molecule has 0 heterocycles. The molecule has 3 aromatic carbocycles. The first-order chi connectivity index (χ1) is 13.2. The van der Waals surface area contributed by atoms with Gasteiger partial charge in [0.15, 0.2) is 6.29 Å². The van der Waals surface area contributed by atoms with Crippen LogP contribution in [0.5, 0.6) is 11.5 Å². The Morgan fingerprint density at radius 2 is 1.44 bits per heavy atom. The van der Waals surface area contributed by atoms with E-state index in [0.717, 1.165) is 29.4 Å². The van der Waals surface area contributed by atoms with Crippen molar-refractivity contribution in [2.45, 2.75) is 13.3 Å². The highest BCUT2D eigenvalue weighted by molar-refractivity contribution is 5.98. The third kappa shape index (κ3) is 4.45. The maximum Gasteiger partial charge on any atom is 0.157 e. The maximum absolute atomic E-state index is 10.5. The fraction of sp³-hybridized carbons (Fsp3) is 0.125. The number of carbonyl (C=O) groups is 1. The molecule has 0 spiro atoms. The fourth-order valence-electron chi connectivity index (χ4n) is 3.16. The van der Waals surface area contributed by atoms with Crippen molar-refractivity contribution in [2.75, 3.05) is 6.61 Å². The molecular weight excluding hydrogens is 336 g/mol. The summed E-state index contributed by atoms with van der Waals surface area (Å²) in [6, 6.07) is 25.3. The molecule has 0 radical (unpaired) electrons. The SMILES string of the molecule is CCC(=C(c1ccc(O)cc1)c1ccc(OCC=O)cc1)c1ccccc1. The first kappa shape index (κ1) is 18.5. The lowest BCUT2D eigenvalue weighted by Crippen LogP contribution is -1.98. The van der Waals surface area contributed by atoms with Crippen LogP contribution in [-0.2, 0) is 4.79 Å². The quantitative estimate of drug-likeness (QED) is 0.458. The molecule has 0 aliphatic heterocycles. The van der Waals surface area contributed by atoms with E-state index in [1.54, 1.807) is 12.1 Å². The molecule has 0 amide bonds. The predicted molar refractivity (Wildman–Crippen MR) is 109 cm³/mol. The van der Waals surface area contributed by atoms with E-state index in [4.69, 9.17) is 4.74 Å². The van der Waals surface area contributed by atoms with Crippen molar-refractivity contribution in [1.82, 2.24) is 0 Å². The summed E-state index contributed by atoms with van der Waals surface area (Å²) in [6.07, 6.45) is 1.60. The van der Waals surface area contributed by atoms with Gasteiger partial charge in [0.2, 0.25) is 0 Å². The summed E-state index contributed by atoms with van der Waals surface area (Å²) in [5, 5.41) is 9.68. The summed E-state index contributed by atoms with van der Waals surface area (Å²) in [5.41, 5.74) is 5.60. The average molecular weight is 358 g/mol. The molecule has 136 valence electrons. The summed E-state index contributed by atoms with van der Waals surface area (Å²) in [7, 11) is 0. The minimum absolute atomic E-state index is 0.0459. The Labute approximate surface area is 159 Å². The second kappa shape index (κ2) is 8.86. The zero-order valence-corrected chi connectivity index (χ0v) is 15.3. The lowest BCUT2D eigenvalue weighted by atomic mass is 9.88. The van der Waals surface area contributed by atoms with Crippen LogP contribution in [-0.4, -0.2) is 18.0 Å². The minimum atomic E-state index is 0.0459. The fourth-order valence-corrected chi connectivity index (χ4v) is 3.16. The minimum Gasteiger partial charge on any atom is -0.508 e. The molecule has 0 saturated heterocycles. The summed E-state index contributed by atoms with van der Waals surface area (Å²) < 4.78 is 5.37. The van der Waals surface area contributed by atoms with Gasteiger partial charge in [0.1, 0.15) is 18.1 Å². The molecule has 0 saturated carbocycles. The number of carbonyl (C=O) groups excluding carboxylic acids is 1. The molecular formula is C24H22O3. The number of phenolic OH excluding ortho intramolecular Hbond substituents is 1. The van der Waals surface area contributed by atoms with Gasteiger partial charge in [-0.1, -0.05) is 61.5 Å². The van der Waals surface area contributed by atoms with Gasteiger partial charge in [0, 0.05) is 0 Å². The van der Waals surface area contributed by atoms with Gasteiger partial charge in [0.25, 0.3) is 0 Å². The first-order valence-corrected chi connectivity index (χ1v) is 8.97. The summed E-state index contributed by atoms with van der Waals surface area (Å²) in [4.78, 5) is 10.5. The Morgan fingerprint density at radius 3 is 2.00 bits per heavy atom. The summed E-state index contributed by atoms with van der Waals surface area (Å²) in [5.74, 6) is 0.905. The molecule has 0 fully saturated rings. The van der Waals surface area contributed by atoms with Crippen molar-refractivity contribution >= 4 is 17.4 Å². The Morgan fingerprint density at radius 1 is 0.852 bits per heavy atom. The standard InChI is InChI=1S/C24H22O3/c1-2-23(18-6-4-3-5-7-18)24(19-8-12-21(26)13-9-19)20-10-14-22(15-11-20)27-17-16-25/h3-16,26H,2,17H2,1H3. The molecule has 3 heteroatoms. The monoisotopic (exact) mass is 358 g/mol. The third-order valence-corrected chi connectivity index (χ3v) is 4.39. The van der Waals surface area contributed by atoms with Crippen molar-refractivity contribution in [3.8, 4) is 11.5 Å². The van der Waals surface area contributed by atoms with E-state index in [0.29, 0.717) is 5.75 Å². The smallest absolute Gasteiger partial charge is 0.157 e. The maximum atomic E-state index is 10.5. The molecule has 0 aliphatic rings. The molecule has 0 aliphatic carbocycles. The number of benzene rings is 3. The van der Waals surface area contributed by atoms with Gasteiger partial charge in [-0.2, -0.15) is 0 Å². The average Bonchev–Trinajstić information content (AvgIpc) is 2.72. The summed E-state index contributed by atoms with van der Waals surface area (Å²) in [6.45, 7) is 2.19. The van der Waals surface area contributed by atoms with Gasteiger partial charge in [-0.3, -0.25) is 4.79 Å². The van der Waals surface area contributed by atoms with Crippen molar-refractivity contribution in [1.29, 1.82) is 0 Å². The Kier molecular flexibility index (Phi) is 6.06. The second-order valence-corrected chi connectivity index (χ2v) is 6.12. The van der Waals surface area contributed by atoms with Crippen LogP contribution in [0.3, 0.4) is 0 Å². The third-order valence-electron chi connectivity index (χ3n) is 4.39. The second-order valence-electron chi connectivity index (χ2n) is 6.12. The van der Waals surface area contributed by atoms with Crippen LogP contribution in [0.1, 0.15) is 30.0 Å². The predicted octanol–water partition coefficient (Wildman–Crippen LogP) is 5.34. The molecule has 0 aromatic heterocycles. The van der Waals surface area contributed by atoms with Gasteiger partial charge in [-0.05, 0) is 58.5 Å². The van der Waals surface area contributed by atoms with E-state index >= 15 is 0 Å². The van der Waals surface area contributed by atoms with Crippen LogP contribution in [0.15, 0.2) is 78.9 Å². The lowest BCUT2D eigenvalue weighted by Gasteiger charge is -2.17. The van der Waals surface area contributed by atoms with Gasteiger partial charge in [-0.15, -0.1) is 0 Å². The van der Waals surface area contributed by atoms with E-state index in [1.807, 2.05) is 54.6 Å². The number of aldehydes is 1. The highest BCUT2D eigenvalue weighted by atomic mass is 16.5. The zero-order chi connectivity index (χ0) is 19.1. The summed E-state index contributed by atoms with van der Waals surface area (Å²) >= 11 is 0. The van der Waals surface area contributed by atoms with E-state index in [9.17, 15) is 9.90 Å². The Balaban J connectivity index is 2.14. The van der Waals surface area contributed by atoms with Gasteiger partial charge < -0.3 is 9.84 Å². The molecule has 27 heavy (non-hydrogen) atoms. The Bertz CT molecular complexity index is 908. The van der Waals surface area contributed by atoms with Gasteiger partial charge in [0.05, 0.1) is 0 Å². The van der Waals surface area contributed by atoms with Crippen molar-refractivity contribution in [3.05, 3.63) is 95.6 Å². The molecule has 0 unspecified atom stereocenters. The Hall–Kier alpha value is -3.33. The molecule has 1 N–H and O–H groups in total. The van der Waals surface area contributed by atoms with Crippen LogP contribution < -0.4 is 4.74 Å². The number of hydrogen-bond donors (Lipinski definition) is 1. The molecule has 0 atom stereocenters. The molecule has 3 rings (SSSR count). The number of aromatic hydroxyl groups is 1. The van der Waals surface area contributed by atoms with E-state index in [1.165, 1.54) is 11.1 Å². The number of allylic oxidation sites excluding steroid dienone is 1. The van der Waals surface area contributed by atoms with Crippen LogP contribution in [0.25, 0.3) is 11.1 Å². The van der Waals surface area contributed by atoms with E-state index in [2.05, 4.69) is 19.1 Å². The van der Waals surface area contributed by atoms with Crippen LogP contribution >= 0.6 is 0 Å². The van der Waals surface area contributed by atoms with Crippen LogP contribution in [0.2, 0.25) is 0 Å². The number of phenols is 1. The topological polar surface area (TPSA) is 46.5 Å². The number of rotatable bonds is 7. The highest BCUT2D eigenvalue weighted by Crippen LogP contribution is 2.35. The molecule has 3 nitrogen and oxygen atoms in total. The normalized spacial score (nSPS) is 11.6. The van der Waals surface area contributed by atoms with E-state index < -0.39 is 0 Å². The van der Waals surface area contributed by atoms with Crippen LogP contribution in [0.4, 0.5) is 0 Å². The van der Waals surface area contributed by atoms with Crippen molar-refractivity contribution < 1.29 is 14.6 Å². The van der Waals surface area contributed by atoms with Crippen molar-refractivity contribution in [2.24, 2.45) is 0 Å². The van der Waals surface area contributed by atoms with Gasteiger partial charge >= 0.3 is 0 Å². The largest absolute Gasteiger partial charge is 0.508 e. The first-order valence-electron chi connectivity index (χ1n) is 8.97. The lowest BCUT2D eigenvalue weighted by molar-refractivity contribution is -0.109. The van der Waals surface area contributed by atoms with Crippen molar-refractivity contribution in [3.63, 3.8) is 0 Å². The van der Waals surface area contributed by atoms with E-state index in [-0.39, 0.29) is 12.4 Å². The number of ether oxygens (including phenoxy) is 1. The zero-order valence-electron chi connectivity index (χ0n) is 15.3. The molecule has 0 bridgehead atoms. The highest BCUT2D eigenvalue weighted by Gasteiger charge is 2.13. The van der Waals surface area contributed by atoms with Gasteiger partial charge in [-0.25, -0.2) is 0 Å². The molecule has 3 aromatic rings. The number of hydrogen-bond acceptors (Lipinski definition) is 3.